The van der Waals surface area contributed by atoms with E-state index in [4.69, 9.17) is 11.6 Å². The molecule has 0 amide bonds. The molecule has 20 heavy (non-hydrogen) atoms. The van der Waals surface area contributed by atoms with Gasteiger partial charge in [0, 0.05) is 12.1 Å². The number of hydrogen-bond acceptors (Lipinski definition) is 3. The van der Waals surface area contributed by atoms with Crippen molar-refractivity contribution in [3.63, 3.8) is 0 Å². The molecule has 0 aliphatic heterocycles. The van der Waals surface area contributed by atoms with E-state index in [1.54, 1.807) is 0 Å². The van der Waals surface area contributed by atoms with Gasteiger partial charge >= 0.3 is 5.69 Å². The predicted molar refractivity (Wildman–Crippen MR) is 80.6 cm³/mol. The van der Waals surface area contributed by atoms with Crippen LogP contribution < -0.4 is 11.2 Å². The van der Waals surface area contributed by atoms with Crippen molar-refractivity contribution in [2.24, 2.45) is 0 Å². The highest BCUT2D eigenvalue weighted by atomic mass is 35.5. The largest absolute Gasteiger partial charge is 0.329 e. The van der Waals surface area contributed by atoms with Crippen molar-refractivity contribution in [1.82, 2.24) is 14.5 Å². The third-order valence-electron chi connectivity index (χ3n) is 4.52. The summed E-state index contributed by atoms with van der Waals surface area (Å²) in [5.41, 5.74) is -0.284. The van der Waals surface area contributed by atoms with E-state index >= 15 is 0 Å². The van der Waals surface area contributed by atoms with Gasteiger partial charge in [-0.05, 0) is 33.4 Å². The van der Waals surface area contributed by atoms with Crippen molar-refractivity contribution in [2.75, 3.05) is 14.1 Å². The van der Waals surface area contributed by atoms with Crippen LogP contribution in [0.2, 0.25) is 5.15 Å². The van der Waals surface area contributed by atoms with Crippen LogP contribution in [-0.4, -0.2) is 34.1 Å². The molecule has 0 bridgehead atoms. The average molecular weight is 300 g/mol. The number of rotatable bonds is 4. The van der Waals surface area contributed by atoms with Crippen molar-refractivity contribution in [3.05, 3.63) is 31.6 Å². The fourth-order valence-electron chi connectivity index (χ4n) is 3.11. The summed E-state index contributed by atoms with van der Waals surface area (Å²) in [5.74, 6) is 0. The first-order valence-electron chi connectivity index (χ1n) is 7.10. The SMILES string of the molecule is CCc1c(Cl)[nH]c(=O)n(CC2(N(C)C)CCCC2)c1=O. The molecule has 0 saturated heterocycles. The van der Waals surface area contributed by atoms with E-state index in [-0.39, 0.29) is 16.3 Å². The summed E-state index contributed by atoms with van der Waals surface area (Å²) in [6.45, 7) is 2.29. The molecule has 1 aromatic heterocycles. The molecule has 1 heterocycles. The zero-order chi connectivity index (χ0) is 14.9. The zero-order valence-electron chi connectivity index (χ0n) is 12.3. The van der Waals surface area contributed by atoms with Crippen LogP contribution in [0.25, 0.3) is 0 Å². The Morgan fingerprint density at radius 1 is 1.30 bits per heavy atom. The van der Waals surface area contributed by atoms with E-state index in [9.17, 15) is 9.59 Å². The van der Waals surface area contributed by atoms with Gasteiger partial charge < -0.3 is 4.90 Å². The van der Waals surface area contributed by atoms with Crippen LogP contribution in [0.1, 0.15) is 38.2 Å². The lowest BCUT2D eigenvalue weighted by molar-refractivity contribution is 0.130. The normalized spacial score (nSPS) is 17.9. The lowest BCUT2D eigenvalue weighted by atomic mass is 9.96. The predicted octanol–water partition coefficient (Wildman–Crippen LogP) is 1.63. The Kier molecular flexibility index (Phi) is 4.39. The molecule has 6 heteroatoms. The molecule has 1 N–H and O–H groups in total. The van der Waals surface area contributed by atoms with Gasteiger partial charge in [0.2, 0.25) is 0 Å². The Hall–Kier alpha value is -1.07. The average Bonchev–Trinajstić information content (AvgIpc) is 2.85. The minimum atomic E-state index is -0.412. The second-order valence-corrected chi connectivity index (χ2v) is 6.17. The molecule has 0 atom stereocenters. The van der Waals surface area contributed by atoms with Gasteiger partial charge in [0.05, 0.1) is 5.56 Å². The Balaban J connectivity index is 2.48. The third-order valence-corrected chi connectivity index (χ3v) is 4.84. The maximum absolute atomic E-state index is 12.4. The van der Waals surface area contributed by atoms with Crippen LogP contribution in [0.3, 0.4) is 0 Å². The van der Waals surface area contributed by atoms with E-state index in [2.05, 4.69) is 9.88 Å². The molecule has 0 aromatic carbocycles. The van der Waals surface area contributed by atoms with Crippen LogP contribution in [-0.2, 0) is 13.0 Å². The lowest BCUT2D eigenvalue weighted by Crippen LogP contribution is -2.51. The Morgan fingerprint density at radius 3 is 2.40 bits per heavy atom. The summed E-state index contributed by atoms with van der Waals surface area (Å²) in [5, 5.41) is 0.170. The quantitative estimate of drug-likeness (QED) is 0.860. The molecule has 1 saturated carbocycles. The summed E-state index contributed by atoms with van der Waals surface area (Å²) in [4.78, 5) is 29.2. The van der Waals surface area contributed by atoms with Crippen LogP contribution >= 0.6 is 11.6 Å². The van der Waals surface area contributed by atoms with E-state index < -0.39 is 5.69 Å². The summed E-state index contributed by atoms with van der Waals surface area (Å²) in [6, 6.07) is 0. The van der Waals surface area contributed by atoms with E-state index in [1.807, 2.05) is 21.0 Å². The highest BCUT2D eigenvalue weighted by Crippen LogP contribution is 2.34. The summed E-state index contributed by atoms with van der Waals surface area (Å²) in [6.07, 6.45) is 4.81. The molecule has 1 aliphatic carbocycles. The van der Waals surface area contributed by atoms with E-state index in [0.717, 1.165) is 25.7 Å². The second-order valence-electron chi connectivity index (χ2n) is 5.79. The molecule has 112 valence electrons. The van der Waals surface area contributed by atoms with Gasteiger partial charge in [-0.2, -0.15) is 0 Å². The standard InChI is InChI=1S/C14H22ClN3O2/c1-4-10-11(15)16-13(20)18(12(10)19)9-14(17(2)3)7-5-6-8-14/h4-9H2,1-3H3,(H,16,20). The Bertz CT molecular complexity index is 597. The maximum atomic E-state index is 12.4. The number of nitrogens with zero attached hydrogens (tertiary/aromatic N) is 2. The molecule has 0 unspecified atom stereocenters. The number of H-pyrrole nitrogens is 1. The van der Waals surface area contributed by atoms with E-state index in [0.29, 0.717) is 18.5 Å². The summed E-state index contributed by atoms with van der Waals surface area (Å²) >= 11 is 5.94. The first-order valence-corrected chi connectivity index (χ1v) is 7.48. The molecule has 1 aromatic rings. The Labute approximate surface area is 123 Å². The molecule has 5 nitrogen and oxygen atoms in total. The molecule has 2 rings (SSSR count). The Morgan fingerprint density at radius 2 is 1.90 bits per heavy atom. The van der Waals surface area contributed by atoms with Crippen molar-refractivity contribution in [3.8, 4) is 0 Å². The fourth-order valence-corrected chi connectivity index (χ4v) is 3.41. The van der Waals surface area contributed by atoms with Gasteiger partial charge in [-0.15, -0.1) is 0 Å². The van der Waals surface area contributed by atoms with Crippen molar-refractivity contribution >= 4 is 11.6 Å². The number of aromatic nitrogens is 2. The molecule has 1 aliphatic rings. The molecule has 0 radical (unpaired) electrons. The van der Waals surface area contributed by atoms with Crippen molar-refractivity contribution in [2.45, 2.75) is 51.1 Å². The van der Waals surface area contributed by atoms with Crippen molar-refractivity contribution < 1.29 is 0 Å². The van der Waals surface area contributed by atoms with Crippen LogP contribution in [0.15, 0.2) is 9.59 Å². The molecule has 0 spiro atoms. The molecule has 1 fully saturated rings. The minimum Gasteiger partial charge on any atom is -0.302 e. The monoisotopic (exact) mass is 299 g/mol. The first-order chi connectivity index (χ1) is 9.41. The third kappa shape index (κ3) is 2.56. The van der Waals surface area contributed by atoms with Gasteiger partial charge in [0.25, 0.3) is 5.56 Å². The van der Waals surface area contributed by atoms with E-state index in [1.165, 1.54) is 4.57 Å². The smallest absolute Gasteiger partial charge is 0.302 e. The molecular formula is C14H22ClN3O2. The lowest BCUT2D eigenvalue weighted by Gasteiger charge is -2.36. The van der Waals surface area contributed by atoms with Gasteiger partial charge in [0.1, 0.15) is 5.15 Å². The van der Waals surface area contributed by atoms with Gasteiger partial charge in [-0.25, -0.2) is 4.79 Å². The highest BCUT2D eigenvalue weighted by Gasteiger charge is 2.37. The topological polar surface area (TPSA) is 58.1 Å². The van der Waals surface area contributed by atoms with Gasteiger partial charge in [-0.3, -0.25) is 14.3 Å². The fraction of sp³-hybridized carbons (Fsp3) is 0.714. The van der Waals surface area contributed by atoms with Crippen LogP contribution in [0.5, 0.6) is 0 Å². The number of halogens is 1. The molecular weight excluding hydrogens is 278 g/mol. The van der Waals surface area contributed by atoms with Gasteiger partial charge in [-0.1, -0.05) is 31.4 Å². The highest BCUT2D eigenvalue weighted by molar-refractivity contribution is 6.30. The number of aromatic amines is 1. The minimum absolute atomic E-state index is 0.102. The zero-order valence-corrected chi connectivity index (χ0v) is 13.1. The number of likely N-dealkylation sites (N-methyl/N-ethyl adjacent to an activating group) is 1. The number of hydrogen-bond donors (Lipinski definition) is 1. The van der Waals surface area contributed by atoms with Crippen LogP contribution in [0.4, 0.5) is 0 Å². The number of nitrogens with one attached hydrogen (secondary N) is 1. The summed E-state index contributed by atoms with van der Waals surface area (Å²) < 4.78 is 1.32. The maximum Gasteiger partial charge on any atom is 0.329 e. The second kappa shape index (κ2) is 5.74. The van der Waals surface area contributed by atoms with Gasteiger partial charge in [0.15, 0.2) is 0 Å². The first kappa shape index (κ1) is 15.3. The van der Waals surface area contributed by atoms with Crippen LogP contribution in [0, 0.1) is 0 Å². The summed E-state index contributed by atoms with van der Waals surface area (Å²) in [7, 11) is 4.03. The van der Waals surface area contributed by atoms with Crippen molar-refractivity contribution in [1.29, 1.82) is 0 Å².